The SMILES string of the molecule is CCc1ccc(C(Br)c2csc3ccccc23)cc1. The molecule has 19 heavy (non-hydrogen) atoms. The zero-order chi connectivity index (χ0) is 13.2. The minimum Gasteiger partial charge on any atom is -0.143 e. The van der Waals surface area contributed by atoms with Gasteiger partial charge in [0.05, 0.1) is 4.83 Å². The van der Waals surface area contributed by atoms with Gasteiger partial charge < -0.3 is 0 Å². The van der Waals surface area contributed by atoms with Crippen molar-refractivity contribution in [1.82, 2.24) is 0 Å². The average molecular weight is 331 g/mol. The van der Waals surface area contributed by atoms with E-state index >= 15 is 0 Å². The fourth-order valence-corrected chi connectivity index (χ4v) is 4.14. The fraction of sp³-hybridized carbons (Fsp3) is 0.176. The molecule has 2 aromatic carbocycles. The van der Waals surface area contributed by atoms with E-state index in [1.54, 1.807) is 0 Å². The first-order chi connectivity index (χ1) is 9.29. The van der Waals surface area contributed by atoms with Gasteiger partial charge in [-0.2, -0.15) is 0 Å². The molecule has 0 aliphatic carbocycles. The first-order valence-corrected chi connectivity index (χ1v) is 8.28. The average Bonchev–Trinajstić information content (AvgIpc) is 2.90. The summed E-state index contributed by atoms with van der Waals surface area (Å²) in [5, 5.41) is 3.62. The van der Waals surface area contributed by atoms with Crippen LogP contribution in [0.15, 0.2) is 53.9 Å². The maximum absolute atomic E-state index is 3.85. The summed E-state index contributed by atoms with van der Waals surface area (Å²) in [5.41, 5.74) is 4.07. The number of fused-ring (bicyclic) bond motifs is 1. The van der Waals surface area contributed by atoms with Crippen LogP contribution in [0.1, 0.15) is 28.4 Å². The molecule has 3 rings (SSSR count). The van der Waals surface area contributed by atoms with Gasteiger partial charge in [0.25, 0.3) is 0 Å². The quantitative estimate of drug-likeness (QED) is 0.520. The Morgan fingerprint density at radius 3 is 2.53 bits per heavy atom. The molecule has 0 bridgehead atoms. The van der Waals surface area contributed by atoms with E-state index in [9.17, 15) is 0 Å². The van der Waals surface area contributed by atoms with Crippen molar-refractivity contribution in [2.75, 3.05) is 0 Å². The normalized spacial score (nSPS) is 12.7. The van der Waals surface area contributed by atoms with Crippen LogP contribution in [-0.4, -0.2) is 0 Å². The number of alkyl halides is 1. The predicted octanol–water partition coefficient (Wildman–Crippen LogP) is 5.95. The van der Waals surface area contributed by atoms with Gasteiger partial charge in [0.2, 0.25) is 0 Å². The third-order valence-electron chi connectivity index (χ3n) is 3.46. The second-order valence-electron chi connectivity index (χ2n) is 4.64. The van der Waals surface area contributed by atoms with Crippen LogP contribution < -0.4 is 0 Å². The fourth-order valence-electron chi connectivity index (χ4n) is 2.30. The van der Waals surface area contributed by atoms with Crippen molar-refractivity contribution in [2.24, 2.45) is 0 Å². The number of benzene rings is 2. The summed E-state index contributed by atoms with van der Waals surface area (Å²) in [6.07, 6.45) is 1.09. The van der Waals surface area contributed by atoms with E-state index in [0.29, 0.717) is 0 Å². The highest BCUT2D eigenvalue weighted by Crippen LogP contribution is 2.38. The molecule has 1 unspecified atom stereocenters. The first-order valence-electron chi connectivity index (χ1n) is 6.48. The molecule has 0 spiro atoms. The molecule has 0 amide bonds. The second kappa shape index (κ2) is 5.48. The van der Waals surface area contributed by atoms with Crippen molar-refractivity contribution in [3.8, 4) is 0 Å². The van der Waals surface area contributed by atoms with E-state index in [1.165, 1.54) is 26.8 Å². The standard InChI is InChI=1S/C17H15BrS/c1-2-12-7-9-13(10-8-12)17(18)15-11-19-16-6-4-3-5-14(15)16/h3-11,17H,2H2,1H3. The van der Waals surface area contributed by atoms with E-state index in [0.717, 1.165) is 6.42 Å². The lowest BCUT2D eigenvalue weighted by atomic mass is 10.0. The molecule has 0 radical (unpaired) electrons. The highest BCUT2D eigenvalue weighted by molar-refractivity contribution is 9.09. The molecular formula is C17H15BrS. The van der Waals surface area contributed by atoms with Crippen molar-refractivity contribution >= 4 is 37.4 Å². The summed E-state index contributed by atoms with van der Waals surface area (Å²) in [6.45, 7) is 2.19. The number of halogens is 1. The van der Waals surface area contributed by atoms with Gasteiger partial charge in [-0.1, -0.05) is 65.3 Å². The third kappa shape index (κ3) is 2.47. The molecule has 0 fully saturated rings. The molecule has 0 aliphatic rings. The van der Waals surface area contributed by atoms with Crippen LogP contribution in [0.5, 0.6) is 0 Å². The minimum atomic E-state index is 0.273. The number of hydrogen-bond donors (Lipinski definition) is 0. The summed E-state index contributed by atoms with van der Waals surface area (Å²) in [5.74, 6) is 0. The lowest BCUT2D eigenvalue weighted by Crippen LogP contribution is -1.92. The Balaban J connectivity index is 2.00. The van der Waals surface area contributed by atoms with Crippen molar-refractivity contribution < 1.29 is 0 Å². The Hall–Kier alpha value is -1.12. The van der Waals surface area contributed by atoms with Crippen molar-refractivity contribution in [1.29, 1.82) is 0 Å². The summed E-state index contributed by atoms with van der Waals surface area (Å²) in [6, 6.07) is 17.5. The zero-order valence-electron chi connectivity index (χ0n) is 10.8. The highest BCUT2D eigenvalue weighted by atomic mass is 79.9. The Kier molecular flexibility index (Phi) is 3.72. The topological polar surface area (TPSA) is 0 Å². The van der Waals surface area contributed by atoms with Crippen molar-refractivity contribution in [3.63, 3.8) is 0 Å². The Labute approximate surface area is 126 Å². The van der Waals surface area contributed by atoms with Crippen molar-refractivity contribution in [3.05, 3.63) is 70.6 Å². The highest BCUT2D eigenvalue weighted by Gasteiger charge is 2.14. The van der Waals surface area contributed by atoms with Gasteiger partial charge in [-0.05, 0) is 39.9 Å². The molecule has 0 aliphatic heterocycles. The smallest absolute Gasteiger partial charge is 0.0658 e. The Morgan fingerprint density at radius 2 is 1.79 bits per heavy atom. The molecule has 3 aromatic rings. The van der Waals surface area contributed by atoms with E-state index < -0.39 is 0 Å². The van der Waals surface area contributed by atoms with E-state index in [-0.39, 0.29) is 4.83 Å². The predicted molar refractivity (Wildman–Crippen MR) is 88.4 cm³/mol. The van der Waals surface area contributed by atoms with Crippen LogP contribution in [-0.2, 0) is 6.42 Å². The monoisotopic (exact) mass is 330 g/mol. The number of thiophene rings is 1. The molecule has 0 N–H and O–H groups in total. The first kappa shape index (κ1) is 12.9. The van der Waals surface area contributed by atoms with Gasteiger partial charge in [0, 0.05) is 4.70 Å². The lowest BCUT2D eigenvalue weighted by molar-refractivity contribution is 1.12. The van der Waals surface area contributed by atoms with Crippen LogP contribution in [0.3, 0.4) is 0 Å². The van der Waals surface area contributed by atoms with Crippen LogP contribution in [0.2, 0.25) is 0 Å². The second-order valence-corrected chi connectivity index (χ2v) is 6.47. The van der Waals surface area contributed by atoms with Crippen LogP contribution >= 0.6 is 27.3 Å². The van der Waals surface area contributed by atoms with E-state index in [2.05, 4.69) is 76.8 Å². The Bertz CT molecular complexity index is 682. The number of hydrogen-bond acceptors (Lipinski definition) is 1. The lowest BCUT2D eigenvalue weighted by Gasteiger charge is -2.10. The van der Waals surface area contributed by atoms with Gasteiger partial charge in [-0.3, -0.25) is 0 Å². The number of rotatable bonds is 3. The van der Waals surface area contributed by atoms with Crippen molar-refractivity contribution in [2.45, 2.75) is 18.2 Å². The molecule has 2 heteroatoms. The molecule has 1 heterocycles. The minimum absolute atomic E-state index is 0.273. The molecule has 0 nitrogen and oxygen atoms in total. The molecule has 96 valence electrons. The van der Waals surface area contributed by atoms with Crippen LogP contribution in [0.4, 0.5) is 0 Å². The Morgan fingerprint density at radius 1 is 1.05 bits per heavy atom. The molecule has 0 saturated carbocycles. The zero-order valence-corrected chi connectivity index (χ0v) is 13.2. The summed E-state index contributed by atoms with van der Waals surface area (Å²) >= 11 is 5.66. The van der Waals surface area contributed by atoms with Crippen LogP contribution in [0, 0.1) is 0 Å². The number of aryl methyl sites for hydroxylation is 1. The maximum atomic E-state index is 3.85. The van der Waals surface area contributed by atoms with Gasteiger partial charge in [-0.15, -0.1) is 11.3 Å². The van der Waals surface area contributed by atoms with Gasteiger partial charge in [0.15, 0.2) is 0 Å². The molecule has 1 aromatic heterocycles. The third-order valence-corrected chi connectivity index (χ3v) is 5.47. The summed E-state index contributed by atoms with van der Waals surface area (Å²) in [7, 11) is 0. The summed E-state index contributed by atoms with van der Waals surface area (Å²) < 4.78 is 1.35. The van der Waals surface area contributed by atoms with Gasteiger partial charge >= 0.3 is 0 Å². The maximum Gasteiger partial charge on any atom is 0.0658 e. The molecule has 1 atom stereocenters. The van der Waals surface area contributed by atoms with E-state index in [4.69, 9.17) is 0 Å². The van der Waals surface area contributed by atoms with Crippen LogP contribution in [0.25, 0.3) is 10.1 Å². The summed E-state index contributed by atoms with van der Waals surface area (Å²) in [4.78, 5) is 0.273. The molecular weight excluding hydrogens is 316 g/mol. The van der Waals surface area contributed by atoms with E-state index in [1.807, 2.05) is 11.3 Å². The molecule has 0 saturated heterocycles. The largest absolute Gasteiger partial charge is 0.143 e. The van der Waals surface area contributed by atoms with Gasteiger partial charge in [0.1, 0.15) is 0 Å². The van der Waals surface area contributed by atoms with Gasteiger partial charge in [-0.25, -0.2) is 0 Å².